The summed E-state index contributed by atoms with van der Waals surface area (Å²) < 4.78 is 5.02. The number of hydrogen-bond acceptors (Lipinski definition) is 5. The van der Waals surface area contributed by atoms with Crippen LogP contribution in [-0.2, 0) is 20.9 Å². The number of nitrogens with one attached hydrogen (secondary N) is 2. The summed E-state index contributed by atoms with van der Waals surface area (Å²) in [7, 11) is 0. The zero-order valence-electron chi connectivity index (χ0n) is 15.0. The maximum Gasteiger partial charge on any atom is 0.408 e. The molecule has 0 fully saturated rings. The third-order valence-electron chi connectivity index (χ3n) is 3.71. The number of carbonyl (C=O) groups excluding carboxylic acids is 2. The van der Waals surface area contributed by atoms with Gasteiger partial charge in [0.25, 0.3) is 0 Å². The molecule has 0 bridgehead atoms. The van der Waals surface area contributed by atoms with Gasteiger partial charge in [0.15, 0.2) is 0 Å². The molecule has 3 atom stereocenters. The number of carboxylic acid groups (broad SMARTS) is 1. The molecule has 0 aromatic heterocycles. The Labute approximate surface area is 152 Å². The fraction of sp³-hybridized carbons (Fsp3) is 0.500. The standard InChI is InChI=1S/C18H26N2O6/c1-3-4-10-14(17(23)24)19-16(22)15(12(2)21)20-18(25)26-11-13-8-6-5-7-9-13/h5-9,12,14-15,21H,3-4,10-11H2,1-2H3,(H,19,22)(H,20,25)(H,23,24)/t12-,14-,15+/m1/s1. The van der Waals surface area contributed by atoms with Crippen LogP contribution >= 0.6 is 0 Å². The highest BCUT2D eigenvalue weighted by atomic mass is 16.5. The zero-order valence-corrected chi connectivity index (χ0v) is 15.0. The molecule has 1 aromatic carbocycles. The minimum atomic E-state index is -1.32. The highest BCUT2D eigenvalue weighted by Crippen LogP contribution is 2.04. The largest absolute Gasteiger partial charge is 0.480 e. The number of unbranched alkanes of at least 4 members (excludes halogenated alkanes) is 1. The molecule has 0 unspecified atom stereocenters. The molecule has 4 N–H and O–H groups in total. The number of amides is 2. The van der Waals surface area contributed by atoms with Gasteiger partial charge in [0.2, 0.25) is 5.91 Å². The number of ether oxygens (including phenoxy) is 1. The Balaban J connectivity index is 2.61. The van der Waals surface area contributed by atoms with Crippen molar-refractivity contribution in [2.45, 2.75) is 57.9 Å². The SMILES string of the molecule is CCCC[C@@H](NC(=O)[C@@H](NC(=O)OCc1ccccc1)[C@@H](C)O)C(=O)O. The Morgan fingerprint density at radius 2 is 1.81 bits per heavy atom. The molecule has 0 aliphatic heterocycles. The van der Waals surface area contributed by atoms with Crippen molar-refractivity contribution in [1.29, 1.82) is 0 Å². The van der Waals surface area contributed by atoms with E-state index < -0.39 is 36.2 Å². The van der Waals surface area contributed by atoms with E-state index in [1.807, 2.05) is 13.0 Å². The van der Waals surface area contributed by atoms with E-state index in [1.165, 1.54) is 6.92 Å². The molecule has 0 aliphatic carbocycles. The lowest BCUT2D eigenvalue weighted by atomic mass is 10.1. The van der Waals surface area contributed by atoms with Crippen molar-refractivity contribution < 1.29 is 29.3 Å². The predicted molar refractivity (Wildman–Crippen MR) is 94.3 cm³/mol. The first-order valence-corrected chi connectivity index (χ1v) is 8.53. The topological polar surface area (TPSA) is 125 Å². The Morgan fingerprint density at radius 3 is 2.35 bits per heavy atom. The molecule has 8 nitrogen and oxygen atoms in total. The Hall–Kier alpha value is -2.61. The lowest BCUT2D eigenvalue weighted by Crippen LogP contribution is -2.55. The van der Waals surface area contributed by atoms with Crippen molar-refractivity contribution in [3.05, 3.63) is 35.9 Å². The van der Waals surface area contributed by atoms with Crippen molar-refractivity contribution in [3.8, 4) is 0 Å². The van der Waals surface area contributed by atoms with Crippen LogP contribution in [0.2, 0.25) is 0 Å². The molecule has 0 heterocycles. The van der Waals surface area contributed by atoms with Crippen LogP contribution < -0.4 is 10.6 Å². The van der Waals surface area contributed by atoms with E-state index in [9.17, 15) is 24.6 Å². The van der Waals surface area contributed by atoms with Gasteiger partial charge >= 0.3 is 12.1 Å². The van der Waals surface area contributed by atoms with Crippen LogP contribution in [0.3, 0.4) is 0 Å². The number of alkyl carbamates (subject to hydrolysis) is 1. The predicted octanol–water partition coefficient (Wildman–Crippen LogP) is 1.42. The number of rotatable bonds is 10. The third kappa shape index (κ3) is 7.52. The second kappa shape index (κ2) is 11.1. The van der Waals surface area contributed by atoms with E-state index in [2.05, 4.69) is 10.6 Å². The van der Waals surface area contributed by atoms with Crippen LogP contribution in [0.1, 0.15) is 38.7 Å². The normalized spacial score (nSPS) is 14.0. The van der Waals surface area contributed by atoms with Gasteiger partial charge in [-0.2, -0.15) is 0 Å². The van der Waals surface area contributed by atoms with Gasteiger partial charge in [0, 0.05) is 0 Å². The summed E-state index contributed by atoms with van der Waals surface area (Å²) in [5.74, 6) is -1.94. The molecule has 0 saturated carbocycles. The summed E-state index contributed by atoms with van der Waals surface area (Å²) >= 11 is 0. The number of aliphatic hydroxyl groups is 1. The monoisotopic (exact) mass is 366 g/mol. The zero-order chi connectivity index (χ0) is 19.5. The molecular formula is C18H26N2O6. The van der Waals surface area contributed by atoms with Crippen LogP contribution in [0.25, 0.3) is 0 Å². The van der Waals surface area contributed by atoms with E-state index >= 15 is 0 Å². The van der Waals surface area contributed by atoms with Crippen molar-refractivity contribution in [2.75, 3.05) is 0 Å². The molecule has 2 amide bonds. The minimum Gasteiger partial charge on any atom is -0.480 e. The molecule has 0 saturated heterocycles. The van der Waals surface area contributed by atoms with Gasteiger partial charge in [0.1, 0.15) is 18.7 Å². The average Bonchev–Trinajstić information content (AvgIpc) is 2.61. The maximum atomic E-state index is 12.3. The Kier molecular flexibility index (Phi) is 9.14. The summed E-state index contributed by atoms with van der Waals surface area (Å²) in [5.41, 5.74) is 0.770. The Morgan fingerprint density at radius 1 is 1.15 bits per heavy atom. The molecule has 0 radical (unpaired) electrons. The molecule has 0 aliphatic rings. The maximum absolute atomic E-state index is 12.3. The lowest BCUT2D eigenvalue weighted by molar-refractivity contribution is -0.142. The first-order valence-electron chi connectivity index (χ1n) is 8.53. The van der Waals surface area contributed by atoms with Crippen molar-refractivity contribution in [3.63, 3.8) is 0 Å². The van der Waals surface area contributed by atoms with Crippen LogP contribution in [0.5, 0.6) is 0 Å². The van der Waals surface area contributed by atoms with Gasteiger partial charge in [-0.1, -0.05) is 50.1 Å². The van der Waals surface area contributed by atoms with E-state index in [1.54, 1.807) is 24.3 Å². The van der Waals surface area contributed by atoms with Crippen LogP contribution in [0.15, 0.2) is 30.3 Å². The van der Waals surface area contributed by atoms with Crippen LogP contribution in [-0.4, -0.2) is 46.4 Å². The van der Waals surface area contributed by atoms with Gasteiger partial charge < -0.3 is 25.6 Å². The molecule has 8 heteroatoms. The number of hydrogen-bond donors (Lipinski definition) is 4. The second-order valence-corrected chi connectivity index (χ2v) is 5.97. The van der Waals surface area contributed by atoms with Gasteiger partial charge in [-0.05, 0) is 18.9 Å². The molecule has 0 spiro atoms. The van der Waals surface area contributed by atoms with Crippen molar-refractivity contribution in [1.82, 2.24) is 10.6 Å². The number of benzene rings is 1. The summed E-state index contributed by atoms with van der Waals surface area (Å²) in [6.07, 6.45) is -0.426. The fourth-order valence-corrected chi connectivity index (χ4v) is 2.22. The molecule has 1 aromatic rings. The van der Waals surface area contributed by atoms with Crippen molar-refractivity contribution in [2.24, 2.45) is 0 Å². The smallest absolute Gasteiger partial charge is 0.408 e. The van der Waals surface area contributed by atoms with Crippen LogP contribution in [0.4, 0.5) is 4.79 Å². The Bertz CT molecular complexity index is 591. The fourth-order valence-electron chi connectivity index (χ4n) is 2.22. The number of aliphatic hydroxyl groups excluding tert-OH is 1. The molecule has 1 rings (SSSR count). The molecular weight excluding hydrogens is 340 g/mol. The first-order chi connectivity index (χ1) is 12.3. The van der Waals surface area contributed by atoms with Crippen molar-refractivity contribution >= 4 is 18.0 Å². The van der Waals surface area contributed by atoms with Gasteiger partial charge in [-0.3, -0.25) is 4.79 Å². The highest BCUT2D eigenvalue weighted by molar-refractivity contribution is 5.89. The van der Waals surface area contributed by atoms with E-state index in [0.717, 1.165) is 12.0 Å². The summed E-state index contributed by atoms with van der Waals surface area (Å²) in [4.78, 5) is 35.4. The number of carbonyl (C=O) groups is 3. The summed E-state index contributed by atoms with van der Waals surface area (Å²) in [6.45, 7) is 3.24. The number of aliphatic carboxylic acids is 1. The van der Waals surface area contributed by atoms with E-state index in [4.69, 9.17) is 4.74 Å². The molecule has 144 valence electrons. The van der Waals surface area contributed by atoms with Gasteiger partial charge in [-0.25, -0.2) is 9.59 Å². The average molecular weight is 366 g/mol. The van der Waals surface area contributed by atoms with Crippen LogP contribution in [0, 0.1) is 0 Å². The van der Waals surface area contributed by atoms with Gasteiger partial charge in [0.05, 0.1) is 6.10 Å². The quantitative estimate of drug-likeness (QED) is 0.496. The highest BCUT2D eigenvalue weighted by Gasteiger charge is 2.29. The second-order valence-electron chi connectivity index (χ2n) is 5.97. The third-order valence-corrected chi connectivity index (χ3v) is 3.71. The number of carboxylic acids is 1. The summed E-state index contributed by atoms with van der Waals surface area (Å²) in [5, 5.41) is 23.6. The lowest BCUT2D eigenvalue weighted by Gasteiger charge is -2.23. The first kappa shape index (κ1) is 21.4. The van der Waals surface area contributed by atoms with Gasteiger partial charge in [-0.15, -0.1) is 0 Å². The van der Waals surface area contributed by atoms with E-state index in [-0.39, 0.29) is 13.0 Å². The summed E-state index contributed by atoms with van der Waals surface area (Å²) in [6, 6.07) is 6.58. The molecule has 26 heavy (non-hydrogen) atoms. The van der Waals surface area contributed by atoms with E-state index in [0.29, 0.717) is 6.42 Å². The minimum absolute atomic E-state index is 0.00900.